The molecule has 1 heterocycles. The Hall–Kier alpha value is -1.68. The van der Waals surface area contributed by atoms with Gasteiger partial charge in [0.15, 0.2) is 0 Å². The second kappa shape index (κ2) is 5.53. The predicted octanol–water partition coefficient (Wildman–Crippen LogP) is 3.76. The van der Waals surface area contributed by atoms with E-state index >= 15 is 0 Å². The Kier molecular flexibility index (Phi) is 4.00. The van der Waals surface area contributed by atoms with Crippen molar-refractivity contribution >= 4 is 23.2 Å². The van der Waals surface area contributed by atoms with E-state index in [0.29, 0.717) is 11.8 Å². The molecular formula is C14H17ClN4. The highest BCUT2D eigenvalue weighted by molar-refractivity contribution is 6.28. The van der Waals surface area contributed by atoms with Gasteiger partial charge >= 0.3 is 0 Å². The van der Waals surface area contributed by atoms with Gasteiger partial charge in [0.25, 0.3) is 0 Å². The summed E-state index contributed by atoms with van der Waals surface area (Å²) in [5, 5.41) is 3.46. The van der Waals surface area contributed by atoms with Crippen LogP contribution in [0.25, 0.3) is 0 Å². The van der Waals surface area contributed by atoms with Gasteiger partial charge in [0, 0.05) is 12.1 Å². The maximum atomic E-state index is 5.90. The van der Waals surface area contributed by atoms with E-state index in [1.54, 1.807) is 0 Å². The molecule has 0 bridgehead atoms. The zero-order valence-corrected chi connectivity index (χ0v) is 12.3. The fourth-order valence-electron chi connectivity index (χ4n) is 2.09. The summed E-state index contributed by atoms with van der Waals surface area (Å²) in [6.45, 7) is 8.19. The summed E-state index contributed by atoms with van der Waals surface area (Å²) in [5.74, 6) is 1.18. The first-order valence-corrected chi connectivity index (χ1v) is 6.62. The van der Waals surface area contributed by atoms with E-state index in [-0.39, 0.29) is 5.28 Å². The van der Waals surface area contributed by atoms with Crippen molar-refractivity contribution < 1.29 is 0 Å². The Bertz CT molecular complexity index is 587. The third kappa shape index (κ3) is 3.20. The highest BCUT2D eigenvalue weighted by Gasteiger charge is 2.08. The number of hydrogen-bond acceptors (Lipinski definition) is 4. The largest absolute Gasteiger partial charge is 0.324 e. The first-order chi connectivity index (χ1) is 8.99. The molecule has 5 heteroatoms. The third-order valence-corrected chi connectivity index (χ3v) is 3.05. The lowest BCUT2D eigenvalue weighted by molar-refractivity contribution is 0.903. The summed E-state index contributed by atoms with van der Waals surface area (Å²) in [7, 11) is 0. The van der Waals surface area contributed by atoms with Crippen molar-refractivity contribution in [3.05, 3.63) is 39.9 Å². The summed E-state index contributed by atoms with van der Waals surface area (Å²) < 4.78 is 0. The van der Waals surface area contributed by atoms with E-state index in [2.05, 4.69) is 53.2 Å². The highest BCUT2D eigenvalue weighted by atomic mass is 35.5. The number of nitrogens with zero attached hydrogens (tertiary/aromatic N) is 3. The lowest BCUT2D eigenvalue weighted by atomic mass is 10.1. The molecule has 0 unspecified atom stereocenters. The maximum absolute atomic E-state index is 5.90. The van der Waals surface area contributed by atoms with Crippen LogP contribution in [0.5, 0.6) is 0 Å². The monoisotopic (exact) mass is 276 g/mol. The lowest BCUT2D eigenvalue weighted by Crippen LogP contribution is -2.05. The Labute approximate surface area is 118 Å². The van der Waals surface area contributed by atoms with E-state index in [9.17, 15) is 0 Å². The minimum absolute atomic E-state index is 0.219. The fourth-order valence-corrected chi connectivity index (χ4v) is 2.27. The minimum Gasteiger partial charge on any atom is -0.324 e. The molecule has 0 saturated heterocycles. The van der Waals surface area contributed by atoms with Crippen LogP contribution in [0.2, 0.25) is 5.28 Å². The molecule has 0 aliphatic rings. The molecule has 19 heavy (non-hydrogen) atoms. The second-order valence-electron chi connectivity index (χ2n) is 4.60. The molecule has 1 aromatic carbocycles. The van der Waals surface area contributed by atoms with Gasteiger partial charge in [0.05, 0.1) is 0 Å². The van der Waals surface area contributed by atoms with Crippen LogP contribution >= 0.6 is 11.6 Å². The molecule has 1 aromatic heterocycles. The van der Waals surface area contributed by atoms with Crippen molar-refractivity contribution in [2.75, 3.05) is 5.32 Å². The van der Waals surface area contributed by atoms with Gasteiger partial charge < -0.3 is 5.32 Å². The van der Waals surface area contributed by atoms with Crippen LogP contribution in [0, 0.1) is 20.8 Å². The molecule has 2 rings (SSSR count). The number of aryl methyl sites for hydroxylation is 4. The fraction of sp³-hybridized carbons (Fsp3) is 0.357. The molecule has 0 saturated carbocycles. The molecule has 1 N–H and O–H groups in total. The van der Waals surface area contributed by atoms with Crippen molar-refractivity contribution in [1.29, 1.82) is 0 Å². The maximum Gasteiger partial charge on any atom is 0.231 e. The first-order valence-electron chi connectivity index (χ1n) is 6.25. The van der Waals surface area contributed by atoms with Crippen molar-refractivity contribution in [3.8, 4) is 0 Å². The van der Waals surface area contributed by atoms with E-state index in [1.807, 2.05) is 6.92 Å². The molecule has 0 amide bonds. The van der Waals surface area contributed by atoms with Gasteiger partial charge in [-0.1, -0.05) is 24.6 Å². The zero-order valence-electron chi connectivity index (χ0n) is 11.6. The van der Waals surface area contributed by atoms with Crippen LogP contribution in [-0.2, 0) is 6.42 Å². The van der Waals surface area contributed by atoms with E-state index in [4.69, 9.17) is 11.6 Å². The van der Waals surface area contributed by atoms with Gasteiger partial charge in [-0.25, -0.2) is 4.98 Å². The number of halogens is 1. The van der Waals surface area contributed by atoms with Crippen LogP contribution in [0.15, 0.2) is 12.1 Å². The van der Waals surface area contributed by atoms with Crippen molar-refractivity contribution in [2.45, 2.75) is 34.1 Å². The van der Waals surface area contributed by atoms with Gasteiger partial charge in [-0.05, 0) is 43.5 Å². The van der Waals surface area contributed by atoms with Crippen LogP contribution in [0.3, 0.4) is 0 Å². The van der Waals surface area contributed by atoms with Crippen LogP contribution in [0.1, 0.15) is 29.4 Å². The standard InChI is InChI=1S/C14H17ClN4/c1-5-11-16-13(15)19-14(17-11)18-12-9(3)6-8(2)7-10(12)4/h6-7H,5H2,1-4H3,(H,16,17,18,19). The predicted molar refractivity (Wildman–Crippen MR) is 78.2 cm³/mol. The Balaban J connectivity index is 2.39. The highest BCUT2D eigenvalue weighted by Crippen LogP contribution is 2.24. The Morgan fingerprint density at radius 3 is 2.26 bits per heavy atom. The van der Waals surface area contributed by atoms with E-state index in [1.165, 1.54) is 5.56 Å². The number of hydrogen-bond donors (Lipinski definition) is 1. The van der Waals surface area contributed by atoms with Crippen molar-refractivity contribution in [1.82, 2.24) is 15.0 Å². The molecule has 0 aliphatic carbocycles. The van der Waals surface area contributed by atoms with Crippen LogP contribution in [-0.4, -0.2) is 15.0 Å². The molecule has 0 aliphatic heterocycles. The summed E-state index contributed by atoms with van der Waals surface area (Å²) in [4.78, 5) is 12.5. The van der Waals surface area contributed by atoms with E-state index < -0.39 is 0 Å². The molecule has 0 spiro atoms. The van der Waals surface area contributed by atoms with Crippen molar-refractivity contribution in [3.63, 3.8) is 0 Å². The topological polar surface area (TPSA) is 50.7 Å². The summed E-state index contributed by atoms with van der Waals surface area (Å²) in [5.41, 5.74) is 4.58. The number of anilines is 2. The molecule has 0 fully saturated rings. The summed E-state index contributed by atoms with van der Waals surface area (Å²) in [6, 6.07) is 4.25. The molecular weight excluding hydrogens is 260 g/mol. The molecule has 2 aromatic rings. The quantitative estimate of drug-likeness (QED) is 0.927. The van der Waals surface area contributed by atoms with Crippen molar-refractivity contribution in [2.24, 2.45) is 0 Å². The number of nitrogens with one attached hydrogen (secondary N) is 1. The number of rotatable bonds is 3. The normalized spacial score (nSPS) is 10.6. The third-order valence-electron chi connectivity index (χ3n) is 2.88. The first kappa shape index (κ1) is 13.7. The van der Waals surface area contributed by atoms with Gasteiger partial charge in [-0.2, -0.15) is 9.97 Å². The van der Waals surface area contributed by atoms with Gasteiger partial charge in [-0.15, -0.1) is 0 Å². The van der Waals surface area contributed by atoms with Crippen LogP contribution in [0.4, 0.5) is 11.6 Å². The minimum atomic E-state index is 0.219. The van der Waals surface area contributed by atoms with Gasteiger partial charge in [0.1, 0.15) is 5.82 Å². The average molecular weight is 277 g/mol. The number of benzene rings is 1. The van der Waals surface area contributed by atoms with E-state index in [0.717, 1.165) is 23.2 Å². The molecule has 0 atom stereocenters. The van der Waals surface area contributed by atoms with Crippen LogP contribution < -0.4 is 5.32 Å². The van der Waals surface area contributed by atoms with Gasteiger partial charge in [0.2, 0.25) is 11.2 Å². The Morgan fingerprint density at radius 1 is 1.05 bits per heavy atom. The summed E-state index contributed by atoms with van der Waals surface area (Å²) >= 11 is 5.90. The SMILES string of the molecule is CCc1nc(Cl)nc(Nc2c(C)cc(C)cc2C)n1. The molecule has 100 valence electrons. The second-order valence-corrected chi connectivity index (χ2v) is 4.93. The zero-order chi connectivity index (χ0) is 14.0. The molecule has 0 radical (unpaired) electrons. The van der Waals surface area contributed by atoms with Gasteiger partial charge in [-0.3, -0.25) is 0 Å². The number of aromatic nitrogens is 3. The lowest BCUT2D eigenvalue weighted by Gasteiger charge is -2.13. The molecule has 4 nitrogen and oxygen atoms in total. The Morgan fingerprint density at radius 2 is 1.68 bits per heavy atom. The smallest absolute Gasteiger partial charge is 0.231 e. The summed E-state index contributed by atoms with van der Waals surface area (Å²) in [6.07, 6.45) is 0.725. The average Bonchev–Trinajstić information content (AvgIpc) is 2.33.